The van der Waals surface area contributed by atoms with Crippen LogP contribution in [0.5, 0.6) is 0 Å². The first-order chi connectivity index (χ1) is 10.7. The fourth-order valence-corrected chi connectivity index (χ4v) is 2.74. The lowest BCUT2D eigenvalue weighted by Crippen LogP contribution is -2.10. The number of fused-ring (bicyclic) bond motifs is 2. The smallest absolute Gasteiger partial charge is 0.122 e. The van der Waals surface area contributed by atoms with Crippen LogP contribution >= 0.6 is 0 Å². The minimum atomic E-state index is 0.0651. The number of nitrogens with one attached hydrogen (secondary N) is 1. The fraction of sp³-hybridized carbons (Fsp3) is 0.0556. The van der Waals surface area contributed by atoms with Gasteiger partial charge in [0.05, 0.1) is 17.1 Å². The zero-order chi connectivity index (χ0) is 15.1. The zero-order valence-corrected chi connectivity index (χ0v) is 11.9. The topological polar surface area (TPSA) is 75.1 Å². The minimum absolute atomic E-state index is 0.0651. The normalized spacial score (nSPS) is 13.0. The number of hydrogen-bond donors (Lipinski definition) is 2. The second-order valence-electron chi connectivity index (χ2n) is 5.41. The summed E-state index contributed by atoms with van der Waals surface area (Å²) in [6.07, 6.45) is 2.65. The second kappa shape index (κ2) is 4.77. The lowest BCUT2D eigenvalue weighted by molar-refractivity contribution is 1.28. The molecule has 4 rings (SSSR count). The fourth-order valence-electron chi connectivity index (χ4n) is 2.74. The molecule has 2 heterocycles. The number of amidine groups is 1. The molecule has 0 saturated heterocycles. The minimum Gasteiger partial charge on any atom is -0.384 e. The largest absolute Gasteiger partial charge is 0.384 e. The van der Waals surface area contributed by atoms with Gasteiger partial charge in [0.1, 0.15) is 5.84 Å². The Morgan fingerprint density at radius 3 is 2.68 bits per heavy atom. The summed E-state index contributed by atoms with van der Waals surface area (Å²) in [5, 5.41) is 9.81. The predicted molar refractivity (Wildman–Crippen MR) is 89.1 cm³/mol. The van der Waals surface area contributed by atoms with E-state index in [0.29, 0.717) is 5.56 Å². The molecule has 3 N–H and O–H groups in total. The summed E-state index contributed by atoms with van der Waals surface area (Å²) in [6, 6.07) is 16.0. The lowest BCUT2D eigenvalue weighted by Gasteiger charge is -2.02. The van der Waals surface area contributed by atoms with Gasteiger partial charge in [0.2, 0.25) is 0 Å². The maximum absolute atomic E-state index is 7.52. The Morgan fingerprint density at radius 2 is 1.86 bits per heavy atom. The van der Waals surface area contributed by atoms with Crippen LogP contribution < -0.4 is 5.73 Å². The molecule has 0 atom stereocenters. The highest BCUT2D eigenvalue weighted by molar-refractivity contribution is 6.07. The van der Waals surface area contributed by atoms with Crippen molar-refractivity contribution >= 4 is 28.0 Å². The van der Waals surface area contributed by atoms with E-state index in [1.807, 2.05) is 36.5 Å². The molecule has 3 aromatic rings. The third kappa shape index (κ3) is 2.05. The zero-order valence-electron chi connectivity index (χ0n) is 11.9. The number of nitrogen functional groups attached to an aromatic ring is 1. The van der Waals surface area contributed by atoms with Crippen molar-refractivity contribution in [2.24, 2.45) is 10.7 Å². The van der Waals surface area contributed by atoms with Gasteiger partial charge in [-0.2, -0.15) is 0 Å². The number of aromatic nitrogens is 1. The van der Waals surface area contributed by atoms with Gasteiger partial charge in [-0.1, -0.05) is 36.4 Å². The van der Waals surface area contributed by atoms with Crippen LogP contribution in [0.3, 0.4) is 0 Å². The summed E-state index contributed by atoms with van der Waals surface area (Å²) < 4.78 is 0. The average molecular weight is 286 g/mol. The monoisotopic (exact) mass is 286 g/mol. The van der Waals surface area contributed by atoms with Gasteiger partial charge in [0.15, 0.2) is 0 Å². The molecule has 0 fully saturated rings. The van der Waals surface area contributed by atoms with Crippen molar-refractivity contribution in [1.29, 1.82) is 5.41 Å². The molecule has 4 heteroatoms. The van der Waals surface area contributed by atoms with Crippen LogP contribution in [0.25, 0.3) is 10.8 Å². The molecule has 1 aliphatic rings. The van der Waals surface area contributed by atoms with Crippen molar-refractivity contribution in [3.05, 3.63) is 71.5 Å². The van der Waals surface area contributed by atoms with E-state index in [1.165, 1.54) is 0 Å². The van der Waals surface area contributed by atoms with Crippen LogP contribution in [-0.4, -0.2) is 16.5 Å². The molecule has 0 amide bonds. The molecule has 0 aliphatic carbocycles. The number of benzene rings is 2. The van der Waals surface area contributed by atoms with Crippen molar-refractivity contribution in [1.82, 2.24) is 4.98 Å². The Labute approximate surface area is 127 Å². The van der Waals surface area contributed by atoms with E-state index in [-0.39, 0.29) is 5.84 Å². The van der Waals surface area contributed by atoms with E-state index in [9.17, 15) is 0 Å². The Bertz CT molecular complexity index is 941. The summed E-state index contributed by atoms with van der Waals surface area (Å²) in [4.78, 5) is 9.21. The van der Waals surface area contributed by atoms with Gasteiger partial charge in [0, 0.05) is 23.6 Å². The third-order valence-corrected chi connectivity index (χ3v) is 3.94. The van der Waals surface area contributed by atoms with Crippen molar-refractivity contribution in [3.8, 4) is 0 Å². The van der Waals surface area contributed by atoms with Crippen molar-refractivity contribution < 1.29 is 0 Å². The molecule has 0 saturated carbocycles. The van der Waals surface area contributed by atoms with Gasteiger partial charge in [-0.15, -0.1) is 0 Å². The van der Waals surface area contributed by atoms with Crippen molar-refractivity contribution in [2.75, 3.05) is 0 Å². The van der Waals surface area contributed by atoms with Crippen molar-refractivity contribution in [2.45, 2.75) is 6.42 Å². The van der Waals surface area contributed by atoms with Crippen LogP contribution in [0.1, 0.15) is 16.8 Å². The van der Waals surface area contributed by atoms with Crippen LogP contribution in [0.15, 0.2) is 59.7 Å². The SMILES string of the molecule is N=C(N)c1ccc2c(c1)N=C(c1cc3ccccc3cn1)C2. The molecule has 2 aromatic carbocycles. The maximum atomic E-state index is 7.52. The van der Waals surface area contributed by atoms with Gasteiger partial charge >= 0.3 is 0 Å². The standard InChI is InChI=1S/C18H14N4/c19-18(20)13-6-5-12-8-17(22-15(12)9-13)16-7-11-3-1-2-4-14(11)10-21-16/h1-7,9-10H,8H2,(H3,19,20). The number of aliphatic imine (C=N–C) groups is 1. The Hall–Kier alpha value is -3.01. The van der Waals surface area contributed by atoms with Crippen LogP contribution in [0, 0.1) is 5.41 Å². The summed E-state index contributed by atoms with van der Waals surface area (Å²) in [5.41, 5.74) is 10.1. The van der Waals surface area contributed by atoms with E-state index in [4.69, 9.17) is 11.1 Å². The molecule has 22 heavy (non-hydrogen) atoms. The highest BCUT2D eigenvalue weighted by Crippen LogP contribution is 2.30. The van der Waals surface area contributed by atoms with Gasteiger partial charge in [-0.3, -0.25) is 15.4 Å². The number of pyridine rings is 1. The molecule has 0 radical (unpaired) electrons. The summed E-state index contributed by atoms with van der Waals surface area (Å²) in [7, 11) is 0. The molecular formula is C18H14N4. The summed E-state index contributed by atoms with van der Waals surface area (Å²) in [5.74, 6) is 0.0651. The van der Waals surface area contributed by atoms with E-state index in [1.54, 1.807) is 0 Å². The number of nitrogens with zero attached hydrogens (tertiary/aromatic N) is 2. The highest BCUT2D eigenvalue weighted by Gasteiger charge is 2.18. The number of nitrogens with two attached hydrogens (primary N) is 1. The molecule has 1 aliphatic heterocycles. The molecule has 1 aromatic heterocycles. The molecular weight excluding hydrogens is 272 g/mol. The second-order valence-corrected chi connectivity index (χ2v) is 5.41. The number of hydrogen-bond acceptors (Lipinski definition) is 3. The molecule has 0 bridgehead atoms. The molecule has 0 spiro atoms. The first-order valence-electron chi connectivity index (χ1n) is 7.11. The van der Waals surface area contributed by atoms with Crippen LogP contribution in [0.4, 0.5) is 5.69 Å². The average Bonchev–Trinajstić information content (AvgIpc) is 2.97. The maximum Gasteiger partial charge on any atom is 0.122 e. The molecule has 4 nitrogen and oxygen atoms in total. The van der Waals surface area contributed by atoms with Gasteiger partial charge in [-0.05, 0) is 23.1 Å². The highest BCUT2D eigenvalue weighted by atomic mass is 14.8. The van der Waals surface area contributed by atoms with Gasteiger partial charge in [-0.25, -0.2) is 0 Å². The number of rotatable bonds is 2. The van der Waals surface area contributed by atoms with E-state index >= 15 is 0 Å². The molecule has 106 valence electrons. The Morgan fingerprint density at radius 1 is 1.05 bits per heavy atom. The van der Waals surface area contributed by atoms with Crippen LogP contribution in [-0.2, 0) is 6.42 Å². The third-order valence-electron chi connectivity index (χ3n) is 3.94. The Kier molecular flexibility index (Phi) is 2.76. The van der Waals surface area contributed by atoms with Gasteiger partial charge < -0.3 is 5.73 Å². The first kappa shape index (κ1) is 12.7. The summed E-state index contributed by atoms with van der Waals surface area (Å²) in [6.45, 7) is 0. The molecule has 0 unspecified atom stereocenters. The summed E-state index contributed by atoms with van der Waals surface area (Å²) >= 11 is 0. The predicted octanol–water partition coefficient (Wildman–Crippen LogP) is 3.20. The van der Waals surface area contributed by atoms with E-state index < -0.39 is 0 Å². The van der Waals surface area contributed by atoms with Crippen LogP contribution in [0.2, 0.25) is 0 Å². The Balaban J connectivity index is 1.76. The first-order valence-corrected chi connectivity index (χ1v) is 7.11. The quantitative estimate of drug-likeness (QED) is 0.560. The van der Waals surface area contributed by atoms with Crippen molar-refractivity contribution in [3.63, 3.8) is 0 Å². The van der Waals surface area contributed by atoms with Gasteiger partial charge in [0.25, 0.3) is 0 Å². The van der Waals surface area contributed by atoms with E-state index in [0.717, 1.165) is 39.8 Å². The lowest BCUT2D eigenvalue weighted by atomic mass is 10.0. The van der Waals surface area contributed by atoms with E-state index in [2.05, 4.69) is 28.2 Å².